The molecule has 8 nitrogen and oxygen atoms in total. The summed E-state index contributed by atoms with van der Waals surface area (Å²) in [5.74, 6) is -0.177. The zero-order chi connectivity index (χ0) is 32.7. The van der Waals surface area contributed by atoms with E-state index in [4.69, 9.17) is 4.74 Å². The molecule has 0 spiro atoms. The summed E-state index contributed by atoms with van der Waals surface area (Å²) >= 11 is 0. The first kappa shape index (κ1) is 35.6. The Balaban J connectivity index is 2.71. The molecule has 2 aromatic rings. The van der Waals surface area contributed by atoms with Crippen molar-refractivity contribution in [3.05, 3.63) is 64.7 Å². The van der Waals surface area contributed by atoms with Gasteiger partial charge in [0.2, 0.25) is 11.8 Å². The molecule has 43 heavy (non-hydrogen) atoms. The summed E-state index contributed by atoms with van der Waals surface area (Å²) in [4.78, 5) is 43.6. The molecule has 0 saturated carbocycles. The first-order valence-electron chi connectivity index (χ1n) is 15.3. The normalized spacial score (nSPS) is 14.0. The van der Waals surface area contributed by atoms with E-state index in [-0.39, 0.29) is 30.0 Å². The van der Waals surface area contributed by atoms with E-state index < -0.39 is 29.3 Å². The van der Waals surface area contributed by atoms with E-state index in [1.54, 1.807) is 49.9 Å². The van der Waals surface area contributed by atoms with Crippen molar-refractivity contribution in [1.82, 2.24) is 15.5 Å². The van der Waals surface area contributed by atoms with Gasteiger partial charge >= 0.3 is 6.09 Å². The Morgan fingerprint density at radius 1 is 0.884 bits per heavy atom. The van der Waals surface area contributed by atoms with Crippen LogP contribution in [-0.2, 0) is 20.7 Å². The Kier molecular flexibility index (Phi) is 12.2. The standard InChI is InChI=1S/C35H53N3O5/c1-22(2)12-14-25(5)38(30(31(40)37-34(6,7)8)27-17-13-23(3)24(4)20-27)32(41)29(36-33(42)43-35(9,10)11)21-26-15-18-28(39)19-16-26/h13,15-20,22,25,29-30,39H,12,14,21H2,1-11H3,(H,36,42)(H,37,40). The number of rotatable bonds is 11. The van der Waals surface area contributed by atoms with Gasteiger partial charge in [-0.25, -0.2) is 4.79 Å². The molecule has 2 aromatic carbocycles. The molecule has 0 fully saturated rings. The number of phenolic OH excluding ortho intramolecular Hbond substituents is 1. The molecule has 0 heterocycles. The van der Waals surface area contributed by atoms with Crippen molar-refractivity contribution in [1.29, 1.82) is 0 Å². The minimum atomic E-state index is -1.03. The summed E-state index contributed by atoms with van der Waals surface area (Å²) in [7, 11) is 0. The highest BCUT2D eigenvalue weighted by Crippen LogP contribution is 2.30. The second kappa shape index (κ2) is 14.8. The average molecular weight is 596 g/mol. The van der Waals surface area contributed by atoms with E-state index in [9.17, 15) is 19.5 Å². The maximum atomic E-state index is 14.8. The topological polar surface area (TPSA) is 108 Å². The van der Waals surface area contributed by atoms with Crippen molar-refractivity contribution in [3.63, 3.8) is 0 Å². The number of amides is 3. The van der Waals surface area contributed by atoms with Gasteiger partial charge in [0.05, 0.1) is 0 Å². The number of nitrogens with one attached hydrogen (secondary N) is 2. The molecule has 3 unspecified atom stereocenters. The van der Waals surface area contributed by atoms with Crippen LogP contribution in [0.25, 0.3) is 0 Å². The molecule has 0 aliphatic rings. The Labute approximate surface area is 258 Å². The van der Waals surface area contributed by atoms with Gasteiger partial charge in [-0.05, 0) is 115 Å². The predicted molar refractivity (Wildman–Crippen MR) is 172 cm³/mol. The molecule has 0 bridgehead atoms. The lowest BCUT2D eigenvalue weighted by Crippen LogP contribution is -2.57. The molecular weight excluding hydrogens is 542 g/mol. The van der Waals surface area contributed by atoms with Crippen LogP contribution in [0.4, 0.5) is 4.79 Å². The van der Waals surface area contributed by atoms with Gasteiger partial charge in [0.15, 0.2) is 0 Å². The van der Waals surface area contributed by atoms with Crippen LogP contribution in [0.1, 0.15) is 103 Å². The molecule has 3 N–H and O–H groups in total. The molecule has 0 radical (unpaired) electrons. The number of alkyl carbamates (subject to hydrolysis) is 1. The molecule has 3 amide bonds. The van der Waals surface area contributed by atoms with Crippen LogP contribution in [0.5, 0.6) is 5.75 Å². The Bertz CT molecular complexity index is 1240. The van der Waals surface area contributed by atoms with Crippen LogP contribution in [0, 0.1) is 19.8 Å². The number of nitrogens with zero attached hydrogens (tertiary/aromatic N) is 1. The number of ether oxygens (including phenoxy) is 1. The lowest BCUT2D eigenvalue weighted by atomic mass is 9.93. The minimum Gasteiger partial charge on any atom is -0.508 e. The molecule has 8 heteroatoms. The van der Waals surface area contributed by atoms with E-state index in [1.807, 2.05) is 59.7 Å². The van der Waals surface area contributed by atoms with Crippen LogP contribution in [0.2, 0.25) is 0 Å². The number of aromatic hydroxyl groups is 1. The summed E-state index contributed by atoms with van der Waals surface area (Å²) in [5, 5.41) is 15.7. The van der Waals surface area contributed by atoms with E-state index in [0.717, 1.165) is 23.1 Å². The summed E-state index contributed by atoms with van der Waals surface area (Å²) in [6.45, 7) is 21.2. The monoisotopic (exact) mass is 595 g/mol. The quantitative estimate of drug-likeness (QED) is 0.266. The fraction of sp³-hybridized carbons (Fsp3) is 0.571. The van der Waals surface area contributed by atoms with Gasteiger partial charge < -0.3 is 25.4 Å². The van der Waals surface area contributed by atoms with E-state index in [2.05, 4.69) is 24.5 Å². The summed E-state index contributed by atoms with van der Waals surface area (Å²) < 4.78 is 5.54. The van der Waals surface area contributed by atoms with Crippen LogP contribution in [-0.4, -0.2) is 51.1 Å². The number of carbonyl (C=O) groups is 3. The van der Waals surface area contributed by atoms with Crippen molar-refractivity contribution < 1.29 is 24.2 Å². The molecule has 0 aliphatic heterocycles. The molecule has 3 atom stereocenters. The number of benzene rings is 2. The van der Waals surface area contributed by atoms with Gasteiger partial charge in [-0.2, -0.15) is 0 Å². The number of phenols is 1. The largest absolute Gasteiger partial charge is 0.508 e. The van der Waals surface area contributed by atoms with E-state index >= 15 is 0 Å². The number of aryl methyl sites for hydroxylation is 2. The maximum Gasteiger partial charge on any atom is 0.408 e. The number of carbonyl (C=O) groups excluding carboxylic acids is 3. The zero-order valence-electron chi connectivity index (χ0n) is 28.0. The fourth-order valence-electron chi connectivity index (χ4n) is 4.82. The highest BCUT2D eigenvalue weighted by molar-refractivity contribution is 5.92. The first-order chi connectivity index (χ1) is 19.8. The third kappa shape index (κ3) is 11.6. The van der Waals surface area contributed by atoms with Crippen molar-refractivity contribution in [2.75, 3.05) is 0 Å². The number of hydrogen-bond acceptors (Lipinski definition) is 5. The average Bonchev–Trinajstić information content (AvgIpc) is 2.85. The Hall–Kier alpha value is -3.55. The summed E-state index contributed by atoms with van der Waals surface area (Å²) in [6, 6.07) is 10.1. The van der Waals surface area contributed by atoms with Gasteiger partial charge in [0.1, 0.15) is 23.4 Å². The minimum absolute atomic E-state index is 0.101. The third-order valence-electron chi connectivity index (χ3n) is 7.13. The highest BCUT2D eigenvalue weighted by atomic mass is 16.6. The second-order valence-corrected chi connectivity index (χ2v) is 14.1. The van der Waals surface area contributed by atoms with Crippen LogP contribution < -0.4 is 10.6 Å². The maximum absolute atomic E-state index is 14.8. The SMILES string of the molecule is Cc1ccc(C(C(=O)NC(C)(C)C)N(C(=O)C(Cc2ccc(O)cc2)NC(=O)OC(C)(C)C)C(C)CCC(C)C)cc1C. The van der Waals surface area contributed by atoms with Gasteiger partial charge in [0, 0.05) is 18.0 Å². The van der Waals surface area contributed by atoms with Gasteiger partial charge in [0.25, 0.3) is 0 Å². The first-order valence-corrected chi connectivity index (χ1v) is 15.3. The van der Waals surface area contributed by atoms with Crippen molar-refractivity contribution in [2.24, 2.45) is 5.92 Å². The summed E-state index contributed by atoms with van der Waals surface area (Å²) in [6.07, 6.45) is 0.951. The fourth-order valence-corrected chi connectivity index (χ4v) is 4.82. The molecule has 0 aromatic heterocycles. The molecular formula is C35H53N3O5. The molecule has 2 rings (SSSR count). The molecule has 0 saturated heterocycles. The zero-order valence-corrected chi connectivity index (χ0v) is 28.0. The third-order valence-corrected chi connectivity index (χ3v) is 7.13. The van der Waals surface area contributed by atoms with Crippen LogP contribution in [0.3, 0.4) is 0 Å². The van der Waals surface area contributed by atoms with Gasteiger partial charge in [-0.3, -0.25) is 9.59 Å². The van der Waals surface area contributed by atoms with Gasteiger partial charge in [-0.15, -0.1) is 0 Å². The lowest BCUT2D eigenvalue weighted by molar-refractivity contribution is -0.145. The smallest absolute Gasteiger partial charge is 0.408 e. The summed E-state index contributed by atoms with van der Waals surface area (Å²) in [5.41, 5.74) is 2.24. The Morgan fingerprint density at radius 3 is 2.00 bits per heavy atom. The van der Waals surface area contributed by atoms with Crippen LogP contribution in [0.15, 0.2) is 42.5 Å². The van der Waals surface area contributed by atoms with Crippen molar-refractivity contribution in [3.8, 4) is 5.75 Å². The Morgan fingerprint density at radius 2 is 1.49 bits per heavy atom. The van der Waals surface area contributed by atoms with Crippen molar-refractivity contribution in [2.45, 2.75) is 125 Å². The number of hydrogen-bond donors (Lipinski definition) is 3. The lowest BCUT2D eigenvalue weighted by Gasteiger charge is -2.40. The highest BCUT2D eigenvalue weighted by Gasteiger charge is 2.40. The van der Waals surface area contributed by atoms with Crippen molar-refractivity contribution >= 4 is 17.9 Å². The van der Waals surface area contributed by atoms with E-state index in [0.29, 0.717) is 17.9 Å². The molecule has 0 aliphatic carbocycles. The van der Waals surface area contributed by atoms with E-state index in [1.165, 1.54) is 0 Å². The predicted octanol–water partition coefficient (Wildman–Crippen LogP) is 6.75. The van der Waals surface area contributed by atoms with Gasteiger partial charge in [-0.1, -0.05) is 44.2 Å². The second-order valence-electron chi connectivity index (χ2n) is 14.1. The molecule has 238 valence electrons. The van der Waals surface area contributed by atoms with Crippen LogP contribution >= 0.6 is 0 Å².